The number of carbonyl (C=O) groups excluding carboxylic acids is 1. The Labute approximate surface area is 121 Å². The first kappa shape index (κ1) is 14.6. The minimum absolute atomic E-state index is 0.00910. The topological polar surface area (TPSA) is 26.3 Å². The van der Waals surface area contributed by atoms with E-state index in [1.165, 1.54) is 6.07 Å². The Hall–Kier alpha value is -1.82. The van der Waals surface area contributed by atoms with Gasteiger partial charge in [0.05, 0.1) is 10.0 Å². The number of ether oxygens (including phenoxy) is 1. The summed E-state index contributed by atoms with van der Waals surface area (Å²) in [6.45, 7) is 0. The van der Waals surface area contributed by atoms with E-state index in [1.54, 1.807) is 24.3 Å². The minimum Gasteiger partial charge on any atom is -0.456 e. The molecule has 0 aliphatic heterocycles. The summed E-state index contributed by atoms with van der Waals surface area (Å²) in [5.74, 6) is 0.398. The van der Waals surface area contributed by atoms with Gasteiger partial charge in [-0.05, 0) is 46.3 Å². The molecular formula is C14H8BrF3O2. The van der Waals surface area contributed by atoms with Crippen LogP contribution in [0.1, 0.15) is 15.9 Å². The van der Waals surface area contributed by atoms with Gasteiger partial charge in [-0.15, -0.1) is 0 Å². The molecule has 0 fully saturated rings. The van der Waals surface area contributed by atoms with Crippen LogP contribution in [0.5, 0.6) is 11.5 Å². The molecule has 0 N–H and O–H groups in total. The van der Waals surface area contributed by atoms with Crippen LogP contribution in [0.25, 0.3) is 0 Å². The predicted molar refractivity (Wildman–Crippen MR) is 71.0 cm³/mol. The zero-order chi connectivity index (χ0) is 14.8. The number of hydrogen-bond donors (Lipinski definition) is 0. The van der Waals surface area contributed by atoms with Crippen molar-refractivity contribution in [1.29, 1.82) is 0 Å². The van der Waals surface area contributed by atoms with E-state index < -0.39 is 17.3 Å². The number of halogens is 4. The highest BCUT2D eigenvalue weighted by Crippen LogP contribution is 2.36. The van der Waals surface area contributed by atoms with Crippen molar-refractivity contribution in [3.63, 3.8) is 0 Å². The summed E-state index contributed by atoms with van der Waals surface area (Å²) in [7, 11) is 0. The van der Waals surface area contributed by atoms with Crippen LogP contribution in [0.2, 0.25) is 0 Å². The lowest BCUT2D eigenvalue weighted by Gasteiger charge is -2.12. The third-order valence-electron chi connectivity index (χ3n) is 2.52. The first-order valence-electron chi connectivity index (χ1n) is 5.50. The molecule has 0 bridgehead atoms. The lowest BCUT2D eigenvalue weighted by molar-refractivity contribution is -0.137. The Morgan fingerprint density at radius 2 is 1.80 bits per heavy atom. The van der Waals surface area contributed by atoms with Crippen LogP contribution in [-0.2, 0) is 6.18 Å². The van der Waals surface area contributed by atoms with Gasteiger partial charge in [-0.1, -0.05) is 12.1 Å². The largest absolute Gasteiger partial charge is 0.456 e. The molecule has 104 valence electrons. The van der Waals surface area contributed by atoms with E-state index in [0.29, 0.717) is 10.2 Å². The lowest BCUT2D eigenvalue weighted by Crippen LogP contribution is -2.09. The Morgan fingerprint density at radius 1 is 1.10 bits per heavy atom. The second-order valence-corrected chi connectivity index (χ2v) is 4.75. The van der Waals surface area contributed by atoms with Gasteiger partial charge < -0.3 is 4.74 Å². The van der Waals surface area contributed by atoms with Gasteiger partial charge >= 0.3 is 6.18 Å². The first-order chi connectivity index (χ1) is 9.41. The van der Waals surface area contributed by atoms with E-state index in [2.05, 4.69) is 15.9 Å². The maximum Gasteiger partial charge on any atom is 0.417 e. The molecule has 0 heterocycles. The Kier molecular flexibility index (Phi) is 4.13. The molecule has 2 nitrogen and oxygen atoms in total. The average molecular weight is 345 g/mol. The van der Waals surface area contributed by atoms with Crippen molar-refractivity contribution >= 4 is 22.2 Å². The SMILES string of the molecule is O=Cc1ccc(Oc2ccccc2Br)cc1C(F)(F)F. The highest BCUT2D eigenvalue weighted by atomic mass is 79.9. The smallest absolute Gasteiger partial charge is 0.417 e. The fraction of sp³-hybridized carbons (Fsp3) is 0.0714. The quantitative estimate of drug-likeness (QED) is 0.726. The summed E-state index contributed by atoms with van der Waals surface area (Å²) in [4.78, 5) is 10.6. The van der Waals surface area contributed by atoms with Crippen molar-refractivity contribution in [3.8, 4) is 11.5 Å². The van der Waals surface area contributed by atoms with Crippen molar-refractivity contribution in [1.82, 2.24) is 0 Å². The van der Waals surface area contributed by atoms with Crippen LogP contribution in [0.4, 0.5) is 13.2 Å². The van der Waals surface area contributed by atoms with E-state index in [9.17, 15) is 18.0 Å². The van der Waals surface area contributed by atoms with Crippen LogP contribution in [0, 0.1) is 0 Å². The van der Waals surface area contributed by atoms with Crippen molar-refractivity contribution in [2.75, 3.05) is 0 Å². The second kappa shape index (κ2) is 5.66. The van der Waals surface area contributed by atoms with Crippen LogP contribution in [0.3, 0.4) is 0 Å². The summed E-state index contributed by atoms with van der Waals surface area (Å²) in [6.07, 6.45) is -4.44. The maximum atomic E-state index is 12.8. The lowest BCUT2D eigenvalue weighted by atomic mass is 10.1. The van der Waals surface area contributed by atoms with Gasteiger partial charge in [-0.2, -0.15) is 13.2 Å². The molecule has 0 aromatic heterocycles. The molecule has 0 spiro atoms. The van der Waals surface area contributed by atoms with Crippen molar-refractivity contribution in [3.05, 3.63) is 58.1 Å². The van der Waals surface area contributed by atoms with Gasteiger partial charge in [0.25, 0.3) is 0 Å². The number of carbonyl (C=O) groups is 1. The summed E-state index contributed by atoms with van der Waals surface area (Å²) in [6, 6.07) is 9.99. The minimum atomic E-state index is -4.61. The fourth-order valence-electron chi connectivity index (χ4n) is 1.60. The van der Waals surface area contributed by atoms with E-state index in [4.69, 9.17) is 4.74 Å². The molecule has 2 aromatic carbocycles. The molecule has 6 heteroatoms. The van der Waals surface area contributed by atoms with Crippen molar-refractivity contribution in [2.45, 2.75) is 6.18 Å². The van der Waals surface area contributed by atoms with Crippen LogP contribution >= 0.6 is 15.9 Å². The highest BCUT2D eigenvalue weighted by Gasteiger charge is 2.33. The Bertz CT molecular complexity index is 639. The first-order valence-corrected chi connectivity index (χ1v) is 6.30. The average Bonchev–Trinajstić information content (AvgIpc) is 2.40. The Balaban J connectivity index is 2.40. The van der Waals surface area contributed by atoms with E-state index >= 15 is 0 Å². The van der Waals surface area contributed by atoms with Gasteiger partial charge in [0.1, 0.15) is 11.5 Å². The third kappa shape index (κ3) is 3.19. The Morgan fingerprint density at radius 3 is 2.40 bits per heavy atom. The monoisotopic (exact) mass is 344 g/mol. The van der Waals surface area contributed by atoms with Gasteiger partial charge in [-0.25, -0.2) is 0 Å². The molecule has 0 saturated carbocycles. The molecule has 20 heavy (non-hydrogen) atoms. The van der Waals surface area contributed by atoms with Crippen LogP contribution < -0.4 is 4.74 Å². The number of benzene rings is 2. The standard InChI is InChI=1S/C14H8BrF3O2/c15-12-3-1-2-4-13(12)20-10-6-5-9(8-19)11(7-10)14(16,17)18/h1-8H. The maximum absolute atomic E-state index is 12.8. The van der Waals surface area contributed by atoms with Crippen molar-refractivity contribution < 1.29 is 22.7 Å². The van der Waals surface area contributed by atoms with Crippen LogP contribution in [-0.4, -0.2) is 6.29 Å². The summed E-state index contributed by atoms with van der Waals surface area (Å²) in [5, 5.41) is 0. The zero-order valence-electron chi connectivity index (χ0n) is 9.95. The predicted octanol–water partition coefficient (Wildman–Crippen LogP) is 5.07. The second-order valence-electron chi connectivity index (χ2n) is 3.90. The van der Waals surface area contributed by atoms with E-state index in [-0.39, 0.29) is 12.0 Å². The number of hydrogen-bond acceptors (Lipinski definition) is 2. The number of alkyl halides is 3. The zero-order valence-corrected chi connectivity index (χ0v) is 11.5. The van der Waals surface area contributed by atoms with Crippen molar-refractivity contribution in [2.24, 2.45) is 0 Å². The van der Waals surface area contributed by atoms with Gasteiger partial charge in [0, 0.05) is 5.56 Å². The van der Waals surface area contributed by atoms with E-state index in [1.807, 2.05) is 0 Å². The fourth-order valence-corrected chi connectivity index (χ4v) is 1.97. The van der Waals surface area contributed by atoms with Crippen LogP contribution in [0.15, 0.2) is 46.9 Å². The molecule has 0 atom stereocenters. The molecule has 2 rings (SSSR count). The third-order valence-corrected chi connectivity index (χ3v) is 3.18. The molecule has 0 saturated heterocycles. The summed E-state index contributed by atoms with van der Waals surface area (Å²) < 4.78 is 44.4. The normalized spacial score (nSPS) is 11.2. The molecule has 0 amide bonds. The molecule has 0 unspecified atom stereocenters. The number of rotatable bonds is 3. The van der Waals surface area contributed by atoms with E-state index in [0.717, 1.165) is 12.1 Å². The number of aldehydes is 1. The summed E-state index contributed by atoms with van der Waals surface area (Å²) >= 11 is 3.24. The molecule has 0 radical (unpaired) electrons. The molecule has 0 aliphatic carbocycles. The van der Waals surface area contributed by atoms with Gasteiger partial charge in [-0.3, -0.25) is 4.79 Å². The van der Waals surface area contributed by atoms with Gasteiger partial charge in [0.2, 0.25) is 0 Å². The molecular weight excluding hydrogens is 337 g/mol. The summed E-state index contributed by atoms with van der Waals surface area (Å²) in [5.41, 5.74) is -1.44. The highest BCUT2D eigenvalue weighted by molar-refractivity contribution is 9.10. The molecule has 2 aromatic rings. The molecule has 0 aliphatic rings. The van der Waals surface area contributed by atoms with Gasteiger partial charge in [0.15, 0.2) is 6.29 Å². The number of para-hydroxylation sites is 1.